The Morgan fingerprint density at radius 3 is 2.86 bits per heavy atom. The van der Waals surface area contributed by atoms with Gasteiger partial charge in [-0.05, 0) is 25.5 Å². The molecular weight excluding hydrogens is 177 g/mol. The molecule has 0 aromatic heterocycles. The van der Waals surface area contributed by atoms with E-state index in [-0.39, 0.29) is 5.82 Å². The first-order chi connectivity index (χ1) is 6.75. The van der Waals surface area contributed by atoms with Gasteiger partial charge in [-0.15, -0.1) is 0 Å². The molecule has 0 spiro atoms. The van der Waals surface area contributed by atoms with E-state index in [9.17, 15) is 4.39 Å². The Morgan fingerprint density at radius 2 is 2.14 bits per heavy atom. The van der Waals surface area contributed by atoms with Gasteiger partial charge in [-0.2, -0.15) is 0 Å². The summed E-state index contributed by atoms with van der Waals surface area (Å²) in [6.07, 6.45) is 2.32. The largest absolute Gasteiger partial charge is 0.313 e. The maximum atomic E-state index is 13.5. The van der Waals surface area contributed by atoms with Crippen LogP contribution in [0.2, 0.25) is 0 Å². The Balaban J connectivity index is 2.46. The number of rotatable bonds is 5. The summed E-state index contributed by atoms with van der Waals surface area (Å²) in [5, 5.41) is 3.23. The van der Waals surface area contributed by atoms with Gasteiger partial charge in [0, 0.05) is 12.1 Å². The topological polar surface area (TPSA) is 12.0 Å². The van der Waals surface area contributed by atoms with Crippen LogP contribution in [0.5, 0.6) is 0 Å². The van der Waals surface area contributed by atoms with E-state index in [1.165, 1.54) is 6.42 Å². The summed E-state index contributed by atoms with van der Waals surface area (Å²) < 4.78 is 13.5. The van der Waals surface area contributed by atoms with Crippen molar-refractivity contribution in [1.82, 2.24) is 5.32 Å². The van der Waals surface area contributed by atoms with Crippen molar-refractivity contribution in [2.24, 2.45) is 0 Å². The molecule has 0 aliphatic rings. The average Bonchev–Trinajstić information content (AvgIpc) is 2.19. The third-order valence-electron chi connectivity index (χ3n) is 2.29. The first-order valence-electron chi connectivity index (χ1n) is 5.20. The zero-order valence-electron chi connectivity index (χ0n) is 8.94. The van der Waals surface area contributed by atoms with Gasteiger partial charge in [-0.25, -0.2) is 4.39 Å². The minimum absolute atomic E-state index is 0.0727. The van der Waals surface area contributed by atoms with Crippen LogP contribution in [0.15, 0.2) is 18.2 Å². The van der Waals surface area contributed by atoms with Crippen molar-refractivity contribution in [3.05, 3.63) is 35.1 Å². The van der Waals surface area contributed by atoms with Crippen molar-refractivity contribution in [3.63, 3.8) is 0 Å². The van der Waals surface area contributed by atoms with Crippen LogP contribution >= 0.6 is 0 Å². The highest BCUT2D eigenvalue weighted by atomic mass is 19.1. The molecule has 1 aromatic rings. The van der Waals surface area contributed by atoms with Crippen molar-refractivity contribution >= 4 is 0 Å². The Bertz CT molecular complexity index is 284. The zero-order valence-corrected chi connectivity index (χ0v) is 8.94. The van der Waals surface area contributed by atoms with Gasteiger partial charge in [0.2, 0.25) is 0 Å². The normalized spacial score (nSPS) is 10.5. The third kappa shape index (κ3) is 3.11. The van der Waals surface area contributed by atoms with Crippen LogP contribution in [0.25, 0.3) is 0 Å². The summed E-state index contributed by atoms with van der Waals surface area (Å²) in [6.45, 7) is 5.54. The fraction of sp³-hybridized carbons (Fsp3) is 0.500. The van der Waals surface area contributed by atoms with Crippen molar-refractivity contribution in [1.29, 1.82) is 0 Å². The molecule has 0 saturated heterocycles. The summed E-state index contributed by atoms with van der Waals surface area (Å²) in [4.78, 5) is 0. The van der Waals surface area contributed by atoms with Crippen LogP contribution in [0, 0.1) is 12.7 Å². The Labute approximate surface area is 85.3 Å². The number of benzene rings is 1. The van der Waals surface area contributed by atoms with E-state index >= 15 is 0 Å². The lowest BCUT2D eigenvalue weighted by Gasteiger charge is -2.06. The number of aryl methyl sites for hydroxylation is 1. The molecule has 0 aliphatic carbocycles. The lowest BCUT2D eigenvalue weighted by Crippen LogP contribution is -2.15. The molecule has 1 aromatic carbocycles. The Kier molecular flexibility index (Phi) is 4.60. The summed E-state index contributed by atoms with van der Waals surface area (Å²) in [6, 6.07) is 5.53. The van der Waals surface area contributed by atoms with Crippen molar-refractivity contribution < 1.29 is 4.39 Å². The number of nitrogens with one attached hydrogen (secondary N) is 1. The molecule has 0 unspecified atom stereocenters. The van der Waals surface area contributed by atoms with Crippen molar-refractivity contribution in [2.45, 2.75) is 33.2 Å². The molecular formula is C12H18FN. The van der Waals surface area contributed by atoms with Gasteiger partial charge in [0.15, 0.2) is 0 Å². The van der Waals surface area contributed by atoms with Crippen LogP contribution < -0.4 is 5.32 Å². The van der Waals surface area contributed by atoms with E-state index in [2.05, 4.69) is 12.2 Å². The highest BCUT2D eigenvalue weighted by Crippen LogP contribution is 2.11. The third-order valence-corrected chi connectivity index (χ3v) is 2.29. The molecule has 14 heavy (non-hydrogen) atoms. The lowest BCUT2D eigenvalue weighted by molar-refractivity contribution is 0.574. The number of hydrogen-bond donors (Lipinski definition) is 1. The number of hydrogen-bond acceptors (Lipinski definition) is 1. The standard InChI is InChI=1S/C12H18FN/c1-3-4-8-14-9-11-7-5-6-10(2)12(11)13/h5-7,14H,3-4,8-9H2,1-2H3. The smallest absolute Gasteiger partial charge is 0.130 e. The van der Waals surface area contributed by atoms with Crippen molar-refractivity contribution in [2.75, 3.05) is 6.54 Å². The molecule has 1 nitrogen and oxygen atoms in total. The second-order valence-electron chi connectivity index (χ2n) is 3.58. The van der Waals surface area contributed by atoms with E-state index in [0.717, 1.165) is 24.1 Å². The molecule has 0 aliphatic heterocycles. The van der Waals surface area contributed by atoms with Crippen LogP contribution in [0.4, 0.5) is 4.39 Å². The maximum Gasteiger partial charge on any atom is 0.130 e. The Hall–Kier alpha value is -0.890. The molecule has 0 radical (unpaired) electrons. The summed E-state index contributed by atoms with van der Waals surface area (Å²) in [5.74, 6) is -0.0727. The van der Waals surface area contributed by atoms with E-state index in [1.54, 1.807) is 13.0 Å². The second-order valence-corrected chi connectivity index (χ2v) is 3.58. The Morgan fingerprint density at radius 1 is 1.36 bits per heavy atom. The first kappa shape index (κ1) is 11.2. The van der Waals surface area contributed by atoms with Gasteiger partial charge in [-0.1, -0.05) is 31.5 Å². The summed E-state index contributed by atoms with van der Waals surface area (Å²) >= 11 is 0. The predicted molar refractivity (Wildman–Crippen MR) is 57.8 cm³/mol. The van der Waals surface area contributed by atoms with E-state index in [1.807, 2.05) is 12.1 Å². The summed E-state index contributed by atoms with van der Waals surface area (Å²) in [5.41, 5.74) is 1.49. The van der Waals surface area contributed by atoms with Crippen LogP contribution in [0.3, 0.4) is 0 Å². The number of halogens is 1. The predicted octanol–water partition coefficient (Wildman–Crippen LogP) is 3.02. The van der Waals surface area contributed by atoms with Crippen molar-refractivity contribution in [3.8, 4) is 0 Å². The fourth-order valence-electron chi connectivity index (χ4n) is 1.37. The van der Waals surface area contributed by atoms with Gasteiger partial charge < -0.3 is 5.32 Å². The van der Waals surface area contributed by atoms with E-state index in [0.29, 0.717) is 6.54 Å². The fourth-order valence-corrected chi connectivity index (χ4v) is 1.37. The molecule has 0 bridgehead atoms. The molecule has 0 amide bonds. The summed E-state index contributed by atoms with van der Waals surface area (Å²) in [7, 11) is 0. The van der Waals surface area contributed by atoms with Gasteiger partial charge in [-0.3, -0.25) is 0 Å². The minimum Gasteiger partial charge on any atom is -0.313 e. The quantitative estimate of drug-likeness (QED) is 0.712. The average molecular weight is 195 g/mol. The molecule has 0 heterocycles. The molecule has 2 heteroatoms. The highest BCUT2D eigenvalue weighted by molar-refractivity contribution is 5.24. The number of unbranched alkanes of at least 4 members (excludes halogenated alkanes) is 1. The molecule has 1 N–H and O–H groups in total. The minimum atomic E-state index is -0.0727. The molecule has 1 rings (SSSR count). The molecule has 78 valence electrons. The van der Waals surface area contributed by atoms with Crippen LogP contribution in [0.1, 0.15) is 30.9 Å². The zero-order chi connectivity index (χ0) is 10.4. The van der Waals surface area contributed by atoms with Gasteiger partial charge in [0.1, 0.15) is 5.82 Å². The lowest BCUT2D eigenvalue weighted by atomic mass is 10.1. The first-order valence-corrected chi connectivity index (χ1v) is 5.20. The van der Waals surface area contributed by atoms with Gasteiger partial charge in [0.05, 0.1) is 0 Å². The maximum absolute atomic E-state index is 13.5. The SMILES string of the molecule is CCCCNCc1cccc(C)c1F. The van der Waals surface area contributed by atoms with Crippen LogP contribution in [-0.2, 0) is 6.54 Å². The van der Waals surface area contributed by atoms with E-state index in [4.69, 9.17) is 0 Å². The molecule has 0 fully saturated rings. The monoisotopic (exact) mass is 195 g/mol. The molecule has 0 atom stereocenters. The van der Waals surface area contributed by atoms with Crippen LogP contribution in [-0.4, -0.2) is 6.54 Å². The van der Waals surface area contributed by atoms with Gasteiger partial charge >= 0.3 is 0 Å². The van der Waals surface area contributed by atoms with E-state index < -0.39 is 0 Å². The molecule has 0 saturated carbocycles. The van der Waals surface area contributed by atoms with Gasteiger partial charge in [0.25, 0.3) is 0 Å². The second kappa shape index (κ2) is 5.76. The highest BCUT2D eigenvalue weighted by Gasteiger charge is 2.02.